The number of hydrogen-bond donors (Lipinski definition) is 4. The SMILES string of the molecule is CC(CC(=O)Nc1cccc(NC(=O)Nc2ccccc2)c1)C1CCCNC1. The van der Waals surface area contributed by atoms with Crippen molar-refractivity contribution in [2.24, 2.45) is 11.8 Å². The monoisotopic (exact) mass is 380 g/mol. The zero-order valence-electron chi connectivity index (χ0n) is 16.2. The fraction of sp³-hybridized carbons (Fsp3) is 0.364. The molecule has 0 spiro atoms. The first-order valence-electron chi connectivity index (χ1n) is 9.84. The molecule has 0 saturated carbocycles. The Labute approximate surface area is 166 Å². The fourth-order valence-corrected chi connectivity index (χ4v) is 3.53. The van der Waals surface area contributed by atoms with Crippen molar-refractivity contribution in [3.63, 3.8) is 0 Å². The fourth-order valence-electron chi connectivity index (χ4n) is 3.53. The Morgan fingerprint density at radius 1 is 1.00 bits per heavy atom. The van der Waals surface area contributed by atoms with Crippen LogP contribution >= 0.6 is 0 Å². The molecule has 28 heavy (non-hydrogen) atoms. The Balaban J connectivity index is 1.51. The smallest absolute Gasteiger partial charge is 0.323 e. The van der Waals surface area contributed by atoms with Gasteiger partial charge in [-0.1, -0.05) is 31.2 Å². The number of carbonyl (C=O) groups is 2. The number of carbonyl (C=O) groups excluding carboxylic acids is 2. The van der Waals surface area contributed by atoms with E-state index in [1.54, 1.807) is 12.1 Å². The second-order valence-electron chi connectivity index (χ2n) is 7.36. The maximum absolute atomic E-state index is 12.4. The van der Waals surface area contributed by atoms with Crippen LogP contribution in [-0.4, -0.2) is 25.0 Å². The summed E-state index contributed by atoms with van der Waals surface area (Å²) < 4.78 is 0. The van der Waals surface area contributed by atoms with Crippen molar-refractivity contribution in [2.75, 3.05) is 29.0 Å². The van der Waals surface area contributed by atoms with Gasteiger partial charge < -0.3 is 21.3 Å². The van der Waals surface area contributed by atoms with Crippen LogP contribution < -0.4 is 21.3 Å². The van der Waals surface area contributed by atoms with E-state index in [4.69, 9.17) is 0 Å². The molecule has 0 aromatic heterocycles. The van der Waals surface area contributed by atoms with E-state index in [1.165, 1.54) is 12.8 Å². The number of nitrogens with one attached hydrogen (secondary N) is 4. The van der Waals surface area contributed by atoms with Crippen LogP contribution in [0.3, 0.4) is 0 Å². The Bertz CT molecular complexity index is 788. The predicted octanol–water partition coefficient (Wildman–Crippen LogP) is 4.29. The predicted molar refractivity (Wildman–Crippen MR) is 114 cm³/mol. The minimum absolute atomic E-state index is 0.00367. The molecular formula is C22H28N4O2. The van der Waals surface area contributed by atoms with E-state index < -0.39 is 0 Å². The minimum atomic E-state index is -0.326. The zero-order chi connectivity index (χ0) is 19.8. The highest BCUT2D eigenvalue weighted by atomic mass is 16.2. The van der Waals surface area contributed by atoms with Gasteiger partial charge in [0.2, 0.25) is 5.91 Å². The highest BCUT2D eigenvalue weighted by Crippen LogP contribution is 2.23. The summed E-state index contributed by atoms with van der Waals surface area (Å²) in [7, 11) is 0. The van der Waals surface area contributed by atoms with Crippen LogP contribution in [0.25, 0.3) is 0 Å². The van der Waals surface area contributed by atoms with E-state index in [2.05, 4.69) is 28.2 Å². The Hall–Kier alpha value is -2.86. The Morgan fingerprint density at radius 2 is 1.68 bits per heavy atom. The molecule has 6 heteroatoms. The topological polar surface area (TPSA) is 82.3 Å². The van der Waals surface area contributed by atoms with Crippen molar-refractivity contribution >= 4 is 29.0 Å². The third kappa shape index (κ3) is 6.09. The van der Waals surface area contributed by atoms with Gasteiger partial charge in [-0.15, -0.1) is 0 Å². The van der Waals surface area contributed by atoms with Crippen LogP contribution in [0.15, 0.2) is 54.6 Å². The van der Waals surface area contributed by atoms with Gasteiger partial charge in [-0.3, -0.25) is 4.79 Å². The summed E-state index contributed by atoms with van der Waals surface area (Å²) >= 11 is 0. The molecule has 1 saturated heterocycles. The van der Waals surface area contributed by atoms with Crippen molar-refractivity contribution in [1.82, 2.24) is 5.32 Å². The molecule has 1 aliphatic heterocycles. The number of anilines is 3. The van der Waals surface area contributed by atoms with Crippen molar-refractivity contribution in [3.8, 4) is 0 Å². The molecular weight excluding hydrogens is 352 g/mol. The van der Waals surface area contributed by atoms with Crippen LogP contribution in [0.4, 0.5) is 21.9 Å². The van der Waals surface area contributed by atoms with E-state index >= 15 is 0 Å². The molecule has 4 N–H and O–H groups in total. The minimum Gasteiger partial charge on any atom is -0.326 e. The molecule has 3 rings (SSSR count). The van der Waals surface area contributed by atoms with Gasteiger partial charge >= 0.3 is 6.03 Å². The standard InChI is InChI=1S/C22H28N4O2/c1-16(17-7-6-12-23-15-17)13-21(27)24-19-10-5-11-20(14-19)26-22(28)25-18-8-3-2-4-9-18/h2-5,8-11,14,16-17,23H,6-7,12-13,15H2,1H3,(H,24,27)(H2,25,26,28). The molecule has 3 amide bonds. The van der Waals surface area contributed by atoms with Gasteiger partial charge in [-0.25, -0.2) is 4.79 Å². The van der Waals surface area contributed by atoms with E-state index in [0.717, 1.165) is 18.8 Å². The first kappa shape index (κ1) is 19.9. The molecule has 148 valence electrons. The number of hydrogen-bond acceptors (Lipinski definition) is 3. The van der Waals surface area contributed by atoms with Crippen LogP contribution in [0.1, 0.15) is 26.2 Å². The van der Waals surface area contributed by atoms with E-state index in [-0.39, 0.29) is 11.9 Å². The highest BCUT2D eigenvalue weighted by molar-refractivity contribution is 6.00. The lowest BCUT2D eigenvalue weighted by atomic mass is 9.85. The summed E-state index contributed by atoms with van der Waals surface area (Å²) in [6.45, 7) is 4.21. The van der Waals surface area contributed by atoms with Gasteiger partial charge in [-0.05, 0) is 68.1 Å². The first-order chi connectivity index (χ1) is 13.6. The number of rotatable bonds is 6. The molecule has 0 bridgehead atoms. The third-order valence-corrected chi connectivity index (χ3v) is 5.08. The molecule has 1 fully saturated rings. The number of piperidine rings is 1. The molecule has 6 nitrogen and oxygen atoms in total. The largest absolute Gasteiger partial charge is 0.326 e. The summed E-state index contributed by atoms with van der Waals surface area (Å²) in [5, 5.41) is 11.9. The number of benzene rings is 2. The second-order valence-corrected chi connectivity index (χ2v) is 7.36. The summed E-state index contributed by atoms with van der Waals surface area (Å²) in [6, 6.07) is 16.1. The average Bonchev–Trinajstić information content (AvgIpc) is 2.69. The van der Waals surface area contributed by atoms with Crippen LogP contribution in [0.5, 0.6) is 0 Å². The molecule has 2 atom stereocenters. The Kier molecular flexibility index (Phi) is 7.03. The summed E-state index contributed by atoms with van der Waals surface area (Å²) in [4.78, 5) is 24.5. The van der Waals surface area contributed by atoms with Gasteiger partial charge in [-0.2, -0.15) is 0 Å². The zero-order valence-corrected chi connectivity index (χ0v) is 16.2. The summed E-state index contributed by atoms with van der Waals surface area (Å²) in [6.07, 6.45) is 2.85. The lowest BCUT2D eigenvalue weighted by Crippen LogP contribution is -2.34. The lowest BCUT2D eigenvalue weighted by Gasteiger charge is -2.28. The summed E-state index contributed by atoms with van der Waals surface area (Å²) in [5.74, 6) is 0.893. The van der Waals surface area contributed by atoms with E-state index in [9.17, 15) is 9.59 Å². The molecule has 2 aromatic rings. The van der Waals surface area contributed by atoms with Crippen LogP contribution in [-0.2, 0) is 4.79 Å². The molecule has 0 radical (unpaired) electrons. The molecule has 0 aliphatic carbocycles. The van der Waals surface area contributed by atoms with Gasteiger partial charge in [0.1, 0.15) is 0 Å². The van der Waals surface area contributed by atoms with Crippen molar-refractivity contribution in [2.45, 2.75) is 26.2 Å². The number of para-hydroxylation sites is 1. The molecule has 2 unspecified atom stereocenters. The third-order valence-electron chi connectivity index (χ3n) is 5.08. The van der Waals surface area contributed by atoms with E-state index in [0.29, 0.717) is 29.6 Å². The maximum atomic E-state index is 12.4. The lowest BCUT2D eigenvalue weighted by molar-refractivity contribution is -0.117. The summed E-state index contributed by atoms with van der Waals surface area (Å²) in [5.41, 5.74) is 2.02. The van der Waals surface area contributed by atoms with Crippen LogP contribution in [0, 0.1) is 11.8 Å². The average molecular weight is 380 g/mol. The molecule has 1 heterocycles. The van der Waals surface area contributed by atoms with Gasteiger partial charge in [0.25, 0.3) is 0 Å². The normalized spacial score (nSPS) is 17.4. The van der Waals surface area contributed by atoms with Gasteiger partial charge in [0, 0.05) is 23.5 Å². The van der Waals surface area contributed by atoms with Gasteiger partial charge in [0.15, 0.2) is 0 Å². The highest BCUT2D eigenvalue weighted by Gasteiger charge is 2.22. The number of amides is 3. The van der Waals surface area contributed by atoms with Crippen molar-refractivity contribution in [3.05, 3.63) is 54.6 Å². The molecule has 2 aromatic carbocycles. The van der Waals surface area contributed by atoms with Gasteiger partial charge in [0.05, 0.1) is 0 Å². The first-order valence-corrected chi connectivity index (χ1v) is 9.84. The Morgan fingerprint density at radius 3 is 2.39 bits per heavy atom. The number of urea groups is 1. The van der Waals surface area contributed by atoms with Crippen molar-refractivity contribution in [1.29, 1.82) is 0 Å². The molecule has 1 aliphatic rings. The second kappa shape index (κ2) is 9.90. The van der Waals surface area contributed by atoms with Crippen LogP contribution in [0.2, 0.25) is 0 Å². The quantitative estimate of drug-likeness (QED) is 0.603. The van der Waals surface area contributed by atoms with E-state index in [1.807, 2.05) is 42.5 Å². The maximum Gasteiger partial charge on any atom is 0.323 e. The van der Waals surface area contributed by atoms with Crippen molar-refractivity contribution < 1.29 is 9.59 Å².